The van der Waals surface area contributed by atoms with E-state index in [1.165, 1.54) is 0 Å². The molecule has 6 nitrogen and oxygen atoms in total. The van der Waals surface area contributed by atoms with Gasteiger partial charge in [0.2, 0.25) is 0 Å². The van der Waals surface area contributed by atoms with Crippen LogP contribution in [0.25, 0.3) is 0 Å². The van der Waals surface area contributed by atoms with Crippen LogP contribution in [0.1, 0.15) is 11.1 Å². The average molecular weight is 434 g/mol. The molecular formula is C20H24BrN3O3. The molecule has 3 rings (SSSR count). The molecule has 1 fully saturated rings. The molecule has 1 saturated heterocycles. The van der Waals surface area contributed by atoms with E-state index >= 15 is 0 Å². The van der Waals surface area contributed by atoms with Crippen molar-refractivity contribution in [2.75, 3.05) is 48.9 Å². The van der Waals surface area contributed by atoms with Crippen molar-refractivity contribution < 1.29 is 14.3 Å². The highest BCUT2D eigenvalue weighted by atomic mass is 79.9. The first-order valence-electron chi connectivity index (χ1n) is 8.85. The molecule has 7 heteroatoms. The standard InChI is InChI=1S/C20H24BrN3O3/c1-13-9-14(2)20(16(21)10-13)27-12-19(25)23-15-3-4-18(17(22)11-15)24-5-7-26-8-6-24/h3-4,9-11H,5-8,12,22H2,1-2H3,(H,23,25). The number of nitrogens with one attached hydrogen (secondary N) is 1. The van der Waals surface area contributed by atoms with Crippen molar-refractivity contribution in [1.82, 2.24) is 0 Å². The predicted octanol–water partition coefficient (Wildman–Crippen LogP) is 3.50. The number of halogens is 1. The Morgan fingerprint density at radius 2 is 2.00 bits per heavy atom. The molecule has 2 aromatic rings. The van der Waals surface area contributed by atoms with Crippen LogP contribution in [0.15, 0.2) is 34.8 Å². The Morgan fingerprint density at radius 3 is 2.67 bits per heavy atom. The van der Waals surface area contributed by atoms with Crippen LogP contribution in [-0.2, 0) is 9.53 Å². The molecule has 0 aliphatic carbocycles. The lowest BCUT2D eigenvalue weighted by Crippen LogP contribution is -2.36. The average Bonchev–Trinajstić information content (AvgIpc) is 2.61. The molecule has 0 atom stereocenters. The van der Waals surface area contributed by atoms with Crippen LogP contribution in [0.2, 0.25) is 0 Å². The van der Waals surface area contributed by atoms with E-state index in [1.807, 2.05) is 38.1 Å². The van der Waals surface area contributed by atoms with Crippen molar-refractivity contribution >= 4 is 38.9 Å². The van der Waals surface area contributed by atoms with E-state index in [2.05, 4.69) is 26.1 Å². The number of nitrogens with zero attached hydrogens (tertiary/aromatic N) is 1. The number of hydrogen-bond acceptors (Lipinski definition) is 5. The van der Waals surface area contributed by atoms with Gasteiger partial charge in [-0.05, 0) is 65.2 Å². The molecular weight excluding hydrogens is 410 g/mol. The van der Waals surface area contributed by atoms with Gasteiger partial charge in [0, 0.05) is 18.8 Å². The van der Waals surface area contributed by atoms with Gasteiger partial charge in [0.25, 0.3) is 5.91 Å². The monoisotopic (exact) mass is 433 g/mol. The maximum Gasteiger partial charge on any atom is 0.262 e. The number of benzene rings is 2. The Hall–Kier alpha value is -2.25. The Balaban J connectivity index is 1.60. The Labute approximate surface area is 167 Å². The van der Waals surface area contributed by atoms with Crippen LogP contribution < -0.4 is 20.7 Å². The highest BCUT2D eigenvalue weighted by molar-refractivity contribution is 9.10. The summed E-state index contributed by atoms with van der Waals surface area (Å²) in [5.74, 6) is 0.443. The maximum atomic E-state index is 12.3. The first kappa shape index (κ1) is 19.5. The quantitative estimate of drug-likeness (QED) is 0.705. The van der Waals surface area contributed by atoms with Gasteiger partial charge in [-0.1, -0.05) is 6.07 Å². The molecule has 1 aliphatic rings. The maximum absolute atomic E-state index is 12.3. The molecule has 3 N–H and O–H groups in total. The third-order valence-electron chi connectivity index (χ3n) is 4.38. The normalized spacial score (nSPS) is 14.1. The molecule has 0 bridgehead atoms. The number of nitrogens with two attached hydrogens (primary N) is 1. The summed E-state index contributed by atoms with van der Waals surface area (Å²) in [6.07, 6.45) is 0. The second-order valence-electron chi connectivity index (χ2n) is 6.60. The summed E-state index contributed by atoms with van der Waals surface area (Å²) < 4.78 is 11.9. The highest BCUT2D eigenvalue weighted by Gasteiger charge is 2.15. The molecule has 2 aromatic carbocycles. The molecule has 0 radical (unpaired) electrons. The summed E-state index contributed by atoms with van der Waals surface area (Å²) in [4.78, 5) is 14.4. The van der Waals surface area contributed by atoms with Gasteiger partial charge < -0.3 is 25.4 Å². The SMILES string of the molecule is Cc1cc(C)c(OCC(=O)Nc2ccc(N3CCOCC3)c(N)c2)c(Br)c1. The summed E-state index contributed by atoms with van der Waals surface area (Å²) in [6.45, 7) is 6.92. The first-order chi connectivity index (χ1) is 12.9. The molecule has 0 unspecified atom stereocenters. The molecule has 0 spiro atoms. The molecule has 0 saturated carbocycles. The lowest BCUT2D eigenvalue weighted by atomic mass is 10.1. The minimum absolute atomic E-state index is 0.0758. The zero-order chi connectivity index (χ0) is 19.4. The lowest BCUT2D eigenvalue weighted by molar-refractivity contribution is -0.118. The van der Waals surface area contributed by atoms with Crippen LogP contribution in [0.3, 0.4) is 0 Å². The second-order valence-corrected chi connectivity index (χ2v) is 7.46. The summed E-state index contributed by atoms with van der Waals surface area (Å²) in [5.41, 5.74) is 10.5. The number of morpholine rings is 1. The number of ether oxygens (including phenoxy) is 2. The number of carbonyl (C=O) groups excluding carboxylic acids is 1. The number of nitrogen functional groups attached to an aromatic ring is 1. The zero-order valence-corrected chi connectivity index (χ0v) is 17.1. The van der Waals surface area contributed by atoms with Gasteiger partial charge in [-0.25, -0.2) is 0 Å². The van der Waals surface area contributed by atoms with Crippen LogP contribution >= 0.6 is 15.9 Å². The number of rotatable bonds is 5. The van der Waals surface area contributed by atoms with Gasteiger partial charge in [-0.2, -0.15) is 0 Å². The minimum atomic E-state index is -0.236. The van der Waals surface area contributed by atoms with Gasteiger partial charge in [-0.15, -0.1) is 0 Å². The topological polar surface area (TPSA) is 76.8 Å². The van der Waals surface area contributed by atoms with Crippen molar-refractivity contribution in [2.24, 2.45) is 0 Å². The molecule has 1 aliphatic heterocycles. The summed E-state index contributed by atoms with van der Waals surface area (Å²) in [6, 6.07) is 9.54. The summed E-state index contributed by atoms with van der Waals surface area (Å²) >= 11 is 3.48. The van der Waals surface area contributed by atoms with Gasteiger partial charge in [-0.3, -0.25) is 4.79 Å². The molecule has 1 amide bonds. The van der Waals surface area contributed by atoms with Crippen LogP contribution in [-0.4, -0.2) is 38.8 Å². The number of amides is 1. The molecule has 27 heavy (non-hydrogen) atoms. The van der Waals surface area contributed by atoms with Crippen molar-refractivity contribution in [1.29, 1.82) is 0 Å². The number of carbonyl (C=O) groups is 1. The fourth-order valence-corrected chi connectivity index (χ4v) is 3.93. The Kier molecular flexibility index (Phi) is 6.23. The molecule has 144 valence electrons. The van der Waals surface area contributed by atoms with Crippen LogP contribution in [0.5, 0.6) is 5.75 Å². The van der Waals surface area contributed by atoms with E-state index < -0.39 is 0 Å². The predicted molar refractivity (Wildman–Crippen MR) is 112 cm³/mol. The van der Waals surface area contributed by atoms with Gasteiger partial charge >= 0.3 is 0 Å². The number of anilines is 3. The second kappa shape index (κ2) is 8.63. The largest absolute Gasteiger partial charge is 0.482 e. The minimum Gasteiger partial charge on any atom is -0.482 e. The van der Waals surface area contributed by atoms with E-state index in [0.717, 1.165) is 34.4 Å². The van der Waals surface area contributed by atoms with Crippen molar-refractivity contribution in [2.45, 2.75) is 13.8 Å². The fraction of sp³-hybridized carbons (Fsp3) is 0.350. The van der Waals surface area contributed by atoms with Gasteiger partial charge in [0.05, 0.1) is 29.1 Å². The molecule has 1 heterocycles. The number of aryl methyl sites for hydroxylation is 2. The highest BCUT2D eigenvalue weighted by Crippen LogP contribution is 2.30. The zero-order valence-electron chi connectivity index (χ0n) is 15.5. The third-order valence-corrected chi connectivity index (χ3v) is 4.97. The van der Waals surface area contributed by atoms with Gasteiger partial charge in [0.15, 0.2) is 6.61 Å². The Bertz CT molecular complexity index is 812. The first-order valence-corrected chi connectivity index (χ1v) is 9.65. The van der Waals surface area contributed by atoms with Crippen molar-refractivity contribution in [3.63, 3.8) is 0 Å². The lowest BCUT2D eigenvalue weighted by Gasteiger charge is -2.30. The van der Waals surface area contributed by atoms with Crippen LogP contribution in [0.4, 0.5) is 17.1 Å². The fourth-order valence-electron chi connectivity index (χ4n) is 3.14. The van der Waals surface area contributed by atoms with E-state index in [9.17, 15) is 4.79 Å². The van der Waals surface area contributed by atoms with Crippen molar-refractivity contribution in [3.8, 4) is 5.75 Å². The van der Waals surface area contributed by atoms with Crippen LogP contribution in [0, 0.1) is 13.8 Å². The van der Waals surface area contributed by atoms with E-state index in [4.69, 9.17) is 15.2 Å². The summed E-state index contributed by atoms with van der Waals surface area (Å²) in [7, 11) is 0. The van der Waals surface area contributed by atoms with Gasteiger partial charge in [0.1, 0.15) is 5.75 Å². The summed E-state index contributed by atoms with van der Waals surface area (Å²) in [5, 5.41) is 2.83. The van der Waals surface area contributed by atoms with E-state index in [1.54, 1.807) is 6.07 Å². The smallest absolute Gasteiger partial charge is 0.262 e. The van der Waals surface area contributed by atoms with Crippen molar-refractivity contribution in [3.05, 3.63) is 45.9 Å². The molecule has 0 aromatic heterocycles. The Morgan fingerprint density at radius 1 is 1.26 bits per heavy atom. The van der Waals surface area contributed by atoms with E-state index in [0.29, 0.717) is 30.3 Å². The van der Waals surface area contributed by atoms with E-state index in [-0.39, 0.29) is 12.5 Å². The number of hydrogen-bond donors (Lipinski definition) is 2. The third kappa shape index (κ3) is 4.93.